The molecule has 0 aromatic carbocycles. The third kappa shape index (κ3) is 1.97. The van der Waals surface area contributed by atoms with Gasteiger partial charge in [-0.2, -0.15) is 0 Å². The molecule has 0 radical (unpaired) electrons. The topological polar surface area (TPSA) is 55.0 Å². The molecule has 0 saturated heterocycles. The molecule has 1 heterocycles. The van der Waals surface area contributed by atoms with Crippen molar-refractivity contribution < 1.29 is 0 Å². The summed E-state index contributed by atoms with van der Waals surface area (Å²) in [5.41, 5.74) is 5.68. The second kappa shape index (κ2) is 3.73. The van der Waals surface area contributed by atoms with E-state index in [4.69, 9.17) is 5.73 Å². The normalized spacial score (nSPS) is 15.6. The lowest BCUT2D eigenvalue weighted by Gasteiger charge is -2.19. The Morgan fingerprint density at radius 3 is 2.93 bits per heavy atom. The van der Waals surface area contributed by atoms with Crippen molar-refractivity contribution >= 4 is 27.6 Å². The van der Waals surface area contributed by atoms with Gasteiger partial charge in [0, 0.05) is 13.6 Å². The van der Waals surface area contributed by atoms with Gasteiger partial charge in [-0.3, -0.25) is 0 Å². The van der Waals surface area contributed by atoms with E-state index >= 15 is 0 Å². The molecule has 2 N–H and O–H groups in total. The molecule has 1 aliphatic rings. The fraction of sp³-hybridized carbons (Fsp3) is 0.556. The molecule has 0 spiro atoms. The van der Waals surface area contributed by atoms with E-state index in [1.54, 1.807) is 0 Å². The minimum Gasteiger partial charge on any atom is -0.383 e. The summed E-state index contributed by atoms with van der Waals surface area (Å²) in [5.74, 6) is 2.21. The number of nitrogen functional groups attached to an aromatic ring is 1. The number of hydrogen-bond acceptors (Lipinski definition) is 4. The van der Waals surface area contributed by atoms with Crippen molar-refractivity contribution in [2.24, 2.45) is 5.92 Å². The van der Waals surface area contributed by atoms with Gasteiger partial charge in [0.05, 0.1) is 0 Å². The summed E-state index contributed by atoms with van der Waals surface area (Å²) in [4.78, 5) is 10.2. The molecule has 1 aromatic rings. The van der Waals surface area contributed by atoms with E-state index in [1.165, 1.54) is 19.2 Å². The van der Waals surface area contributed by atoms with Crippen LogP contribution in [0.5, 0.6) is 0 Å². The van der Waals surface area contributed by atoms with Crippen LogP contribution in [-0.2, 0) is 0 Å². The molecule has 1 aromatic heterocycles. The molecule has 0 aliphatic heterocycles. The standard InChI is InChI=1S/C9H13BrN4/c1-14(4-6-2-3-6)9-7(10)8(11)12-5-13-9/h5-6H,2-4H2,1H3,(H2,11,12,13). The van der Waals surface area contributed by atoms with Gasteiger partial charge in [-0.25, -0.2) is 9.97 Å². The fourth-order valence-electron chi connectivity index (χ4n) is 1.41. The first-order valence-corrected chi connectivity index (χ1v) is 5.45. The van der Waals surface area contributed by atoms with Gasteiger partial charge < -0.3 is 10.6 Å². The number of nitrogens with zero attached hydrogens (tertiary/aromatic N) is 3. The van der Waals surface area contributed by atoms with E-state index in [9.17, 15) is 0 Å². The largest absolute Gasteiger partial charge is 0.383 e. The Morgan fingerprint density at radius 1 is 1.57 bits per heavy atom. The number of anilines is 2. The zero-order valence-electron chi connectivity index (χ0n) is 8.07. The molecule has 1 saturated carbocycles. The minimum absolute atomic E-state index is 0.498. The average molecular weight is 257 g/mol. The first-order chi connectivity index (χ1) is 6.68. The van der Waals surface area contributed by atoms with E-state index in [0.29, 0.717) is 5.82 Å². The van der Waals surface area contributed by atoms with Gasteiger partial charge in [-0.1, -0.05) is 0 Å². The lowest BCUT2D eigenvalue weighted by atomic mass is 10.4. The Bertz CT molecular complexity index is 338. The number of aromatic nitrogens is 2. The van der Waals surface area contributed by atoms with Gasteiger partial charge in [-0.05, 0) is 34.7 Å². The summed E-state index contributed by atoms with van der Waals surface area (Å²) in [6, 6.07) is 0. The third-order valence-corrected chi connectivity index (χ3v) is 3.15. The van der Waals surface area contributed by atoms with Crippen LogP contribution < -0.4 is 10.6 Å². The first kappa shape index (κ1) is 9.71. The fourth-order valence-corrected chi connectivity index (χ4v) is 1.92. The van der Waals surface area contributed by atoms with Crippen molar-refractivity contribution in [1.82, 2.24) is 9.97 Å². The van der Waals surface area contributed by atoms with Crippen molar-refractivity contribution in [2.75, 3.05) is 24.2 Å². The second-order valence-corrected chi connectivity index (χ2v) is 4.51. The molecule has 2 rings (SSSR count). The monoisotopic (exact) mass is 256 g/mol. The second-order valence-electron chi connectivity index (χ2n) is 3.72. The van der Waals surface area contributed by atoms with Crippen molar-refractivity contribution in [3.8, 4) is 0 Å². The van der Waals surface area contributed by atoms with Gasteiger partial charge in [0.25, 0.3) is 0 Å². The maximum Gasteiger partial charge on any atom is 0.148 e. The van der Waals surface area contributed by atoms with Crippen molar-refractivity contribution in [3.63, 3.8) is 0 Å². The predicted octanol–water partition coefficient (Wildman–Crippen LogP) is 1.67. The van der Waals surface area contributed by atoms with Crippen LogP contribution >= 0.6 is 15.9 Å². The van der Waals surface area contributed by atoms with Crippen LogP contribution in [0.1, 0.15) is 12.8 Å². The molecule has 1 fully saturated rings. The predicted molar refractivity (Wildman–Crippen MR) is 60.1 cm³/mol. The smallest absolute Gasteiger partial charge is 0.148 e. The number of halogens is 1. The lowest BCUT2D eigenvalue weighted by Crippen LogP contribution is -2.22. The number of nitrogens with two attached hydrogens (primary N) is 1. The Hall–Kier alpha value is -0.840. The quantitative estimate of drug-likeness (QED) is 0.894. The molecular formula is C9H13BrN4. The Labute approximate surface area is 91.7 Å². The first-order valence-electron chi connectivity index (χ1n) is 4.65. The van der Waals surface area contributed by atoms with Crippen LogP contribution in [0, 0.1) is 5.92 Å². The molecule has 76 valence electrons. The lowest BCUT2D eigenvalue weighted by molar-refractivity contribution is 0.774. The minimum atomic E-state index is 0.498. The molecule has 14 heavy (non-hydrogen) atoms. The van der Waals surface area contributed by atoms with E-state index < -0.39 is 0 Å². The summed E-state index contributed by atoms with van der Waals surface area (Å²) in [7, 11) is 2.03. The van der Waals surface area contributed by atoms with E-state index in [2.05, 4.69) is 30.8 Å². The summed E-state index contributed by atoms with van der Waals surface area (Å²) in [6.45, 7) is 1.05. The highest BCUT2D eigenvalue weighted by atomic mass is 79.9. The van der Waals surface area contributed by atoms with Crippen molar-refractivity contribution in [3.05, 3.63) is 10.8 Å². The van der Waals surface area contributed by atoms with Crippen LogP contribution in [-0.4, -0.2) is 23.6 Å². The zero-order chi connectivity index (χ0) is 10.1. The van der Waals surface area contributed by atoms with E-state index in [1.807, 2.05) is 7.05 Å². The molecule has 0 atom stereocenters. The summed E-state index contributed by atoms with van der Waals surface area (Å²) in [5, 5.41) is 0. The van der Waals surface area contributed by atoms with Gasteiger partial charge in [0.1, 0.15) is 22.4 Å². The molecule has 0 amide bonds. The van der Waals surface area contributed by atoms with E-state index in [0.717, 1.165) is 22.8 Å². The molecule has 0 unspecified atom stereocenters. The molecule has 0 bridgehead atoms. The SMILES string of the molecule is CN(CC1CC1)c1ncnc(N)c1Br. The highest BCUT2D eigenvalue weighted by Crippen LogP contribution is 2.33. The van der Waals surface area contributed by atoms with Crippen molar-refractivity contribution in [2.45, 2.75) is 12.8 Å². The number of hydrogen-bond donors (Lipinski definition) is 1. The highest BCUT2D eigenvalue weighted by molar-refractivity contribution is 9.10. The maximum absolute atomic E-state index is 5.68. The van der Waals surface area contributed by atoms with Crippen LogP contribution in [0.4, 0.5) is 11.6 Å². The Balaban J connectivity index is 2.16. The van der Waals surface area contributed by atoms with Crippen LogP contribution in [0.15, 0.2) is 10.8 Å². The maximum atomic E-state index is 5.68. The third-order valence-electron chi connectivity index (χ3n) is 2.39. The van der Waals surface area contributed by atoms with Crippen LogP contribution in [0.3, 0.4) is 0 Å². The molecule has 5 heteroatoms. The summed E-state index contributed by atoms with van der Waals surface area (Å²) >= 11 is 3.40. The van der Waals surface area contributed by atoms with Crippen LogP contribution in [0.2, 0.25) is 0 Å². The summed E-state index contributed by atoms with van der Waals surface area (Å²) in [6.07, 6.45) is 4.17. The Morgan fingerprint density at radius 2 is 2.29 bits per heavy atom. The molecule has 4 nitrogen and oxygen atoms in total. The van der Waals surface area contributed by atoms with Gasteiger partial charge in [0.2, 0.25) is 0 Å². The van der Waals surface area contributed by atoms with Gasteiger partial charge in [-0.15, -0.1) is 0 Å². The Kier molecular flexibility index (Phi) is 2.58. The molecular weight excluding hydrogens is 244 g/mol. The zero-order valence-corrected chi connectivity index (χ0v) is 9.66. The highest BCUT2D eigenvalue weighted by Gasteiger charge is 2.24. The average Bonchev–Trinajstić information content (AvgIpc) is 2.93. The summed E-state index contributed by atoms with van der Waals surface area (Å²) < 4.78 is 0.795. The van der Waals surface area contributed by atoms with Gasteiger partial charge >= 0.3 is 0 Å². The molecule has 1 aliphatic carbocycles. The van der Waals surface area contributed by atoms with Crippen molar-refractivity contribution in [1.29, 1.82) is 0 Å². The van der Waals surface area contributed by atoms with E-state index in [-0.39, 0.29) is 0 Å². The van der Waals surface area contributed by atoms with Gasteiger partial charge in [0.15, 0.2) is 0 Å². The van der Waals surface area contributed by atoms with Crippen LogP contribution in [0.25, 0.3) is 0 Å². The number of rotatable bonds is 3.